The zero-order valence-corrected chi connectivity index (χ0v) is 9.15. The number of rotatable bonds is 3. The minimum atomic E-state index is -3.85. The molecule has 1 rings (SSSR count). The number of amides is 1. The van der Waals surface area contributed by atoms with E-state index in [0.717, 1.165) is 4.68 Å². The Morgan fingerprint density at radius 1 is 1.53 bits per heavy atom. The molecule has 0 bridgehead atoms. The Bertz CT molecular complexity index is 488. The Balaban J connectivity index is 3.21. The van der Waals surface area contributed by atoms with Gasteiger partial charge in [0.05, 0.1) is 0 Å². The zero-order chi connectivity index (χ0) is 11.9. The molecule has 0 aliphatic carbocycles. The highest BCUT2D eigenvalue weighted by molar-refractivity contribution is 7.89. The number of sulfonamides is 1. The van der Waals surface area contributed by atoms with E-state index >= 15 is 0 Å². The van der Waals surface area contributed by atoms with Crippen molar-refractivity contribution >= 4 is 15.9 Å². The topological polar surface area (TPSA) is 121 Å². The van der Waals surface area contributed by atoms with Crippen LogP contribution in [0.25, 0.3) is 0 Å². The van der Waals surface area contributed by atoms with Crippen LogP contribution in [0.15, 0.2) is 17.3 Å². The van der Waals surface area contributed by atoms with Gasteiger partial charge in [0, 0.05) is 6.20 Å². The Hall–Kier alpha value is -1.41. The minimum absolute atomic E-state index is 0.295. The average molecular weight is 232 g/mol. The lowest BCUT2D eigenvalue weighted by Crippen LogP contribution is -2.41. The third-order valence-electron chi connectivity index (χ3n) is 2.03. The highest BCUT2D eigenvalue weighted by Gasteiger charge is 2.29. The predicted octanol–water partition coefficient (Wildman–Crippen LogP) is -1.25. The summed E-state index contributed by atoms with van der Waals surface area (Å²) in [6, 6.07) is 1.21. The van der Waals surface area contributed by atoms with Gasteiger partial charge < -0.3 is 5.73 Å². The average Bonchev–Trinajstić information content (AvgIpc) is 2.50. The van der Waals surface area contributed by atoms with Crippen molar-refractivity contribution in [2.45, 2.75) is 24.4 Å². The van der Waals surface area contributed by atoms with Gasteiger partial charge in [0.1, 0.15) is 5.54 Å². The van der Waals surface area contributed by atoms with Crippen molar-refractivity contribution in [2.24, 2.45) is 10.9 Å². The van der Waals surface area contributed by atoms with E-state index in [1.54, 1.807) is 0 Å². The molecule has 0 spiro atoms. The number of nitrogens with zero attached hydrogens (tertiary/aromatic N) is 2. The first-order valence-electron chi connectivity index (χ1n) is 4.04. The van der Waals surface area contributed by atoms with Crippen molar-refractivity contribution in [1.29, 1.82) is 0 Å². The summed E-state index contributed by atoms with van der Waals surface area (Å²) in [6.45, 7) is 3.05. The van der Waals surface area contributed by atoms with E-state index in [2.05, 4.69) is 5.10 Å². The maximum Gasteiger partial charge on any atom is 0.257 e. The van der Waals surface area contributed by atoms with Crippen molar-refractivity contribution in [3.63, 3.8) is 0 Å². The third kappa shape index (κ3) is 2.16. The van der Waals surface area contributed by atoms with Crippen LogP contribution in [0.5, 0.6) is 0 Å². The first-order valence-corrected chi connectivity index (χ1v) is 5.59. The Kier molecular flexibility index (Phi) is 2.58. The van der Waals surface area contributed by atoms with E-state index in [-0.39, 0.29) is 5.03 Å². The summed E-state index contributed by atoms with van der Waals surface area (Å²) in [4.78, 5) is 11.1. The van der Waals surface area contributed by atoms with Gasteiger partial charge in [0.2, 0.25) is 5.91 Å². The van der Waals surface area contributed by atoms with E-state index in [1.807, 2.05) is 0 Å². The second-order valence-electron chi connectivity index (χ2n) is 3.57. The first-order chi connectivity index (χ1) is 6.65. The second-order valence-corrected chi connectivity index (χ2v) is 5.08. The molecule has 0 fully saturated rings. The first kappa shape index (κ1) is 11.7. The van der Waals surface area contributed by atoms with Crippen LogP contribution in [-0.4, -0.2) is 24.1 Å². The summed E-state index contributed by atoms with van der Waals surface area (Å²) in [5.41, 5.74) is 4.05. The summed E-state index contributed by atoms with van der Waals surface area (Å²) < 4.78 is 23.0. The van der Waals surface area contributed by atoms with Gasteiger partial charge in [0.15, 0.2) is 5.03 Å². The molecule has 0 unspecified atom stereocenters. The zero-order valence-electron chi connectivity index (χ0n) is 8.34. The second kappa shape index (κ2) is 3.31. The molecule has 8 heteroatoms. The molecule has 1 heterocycles. The molecule has 1 aromatic rings. The molecule has 0 aliphatic heterocycles. The molecule has 0 aromatic carbocycles. The van der Waals surface area contributed by atoms with Gasteiger partial charge in [-0.15, -0.1) is 0 Å². The van der Waals surface area contributed by atoms with Crippen LogP contribution >= 0.6 is 0 Å². The fourth-order valence-corrected chi connectivity index (χ4v) is 1.34. The lowest BCUT2D eigenvalue weighted by Gasteiger charge is -2.20. The van der Waals surface area contributed by atoms with Gasteiger partial charge >= 0.3 is 0 Å². The van der Waals surface area contributed by atoms with E-state index in [1.165, 1.54) is 26.1 Å². The smallest absolute Gasteiger partial charge is 0.257 e. The molecule has 0 saturated carbocycles. The standard InChI is InChI=1S/C7H12N4O3S/c1-7(2,6(8)12)11-4-3-5(10-11)15(9,13)14/h3-4H,1-2H3,(H2,8,12)(H2,9,13,14). The van der Waals surface area contributed by atoms with Crippen LogP contribution in [0.2, 0.25) is 0 Å². The van der Waals surface area contributed by atoms with Crippen molar-refractivity contribution in [3.05, 3.63) is 12.3 Å². The molecule has 1 amide bonds. The summed E-state index contributed by atoms with van der Waals surface area (Å²) in [5, 5.41) is 8.25. The number of aromatic nitrogens is 2. The largest absolute Gasteiger partial charge is 0.368 e. The molecule has 15 heavy (non-hydrogen) atoms. The highest BCUT2D eigenvalue weighted by Crippen LogP contribution is 2.14. The van der Waals surface area contributed by atoms with E-state index in [4.69, 9.17) is 10.9 Å². The van der Waals surface area contributed by atoms with E-state index in [0.29, 0.717) is 0 Å². The van der Waals surface area contributed by atoms with E-state index in [9.17, 15) is 13.2 Å². The van der Waals surface area contributed by atoms with Crippen LogP contribution < -0.4 is 10.9 Å². The van der Waals surface area contributed by atoms with Gasteiger partial charge in [-0.05, 0) is 19.9 Å². The Morgan fingerprint density at radius 3 is 2.40 bits per heavy atom. The van der Waals surface area contributed by atoms with Gasteiger partial charge in [-0.1, -0.05) is 0 Å². The molecule has 0 aliphatic rings. The molecule has 1 aromatic heterocycles. The van der Waals surface area contributed by atoms with Gasteiger partial charge in [-0.25, -0.2) is 13.6 Å². The summed E-state index contributed by atoms with van der Waals surface area (Å²) in [6.07, 6.45) is 1.34. The number of nitrogens with two attached hydrogens (primary N) is 2. The van der Waals surface area contributed by atoms with Gasteiger partial charge in [-0.3, -0.25) is 9.48 Å². The van der Waals surface area contributed by atoms with E-state index < -0.39 is 21.5 Å². The third-order valence-corrected chi connectivity index (χ3v) is 2.83. The number of hydrogen-bond acceptors (Lipinski definition) is 4. The van der Waals surface area contributed by atoms with Crippen molar-refractivity contribution in [2.75, 3.05) is 0 Å². The van der Waals surface area contributed by atoms with Crippen LogP contribution in [0.3, 0.4) is 0 Å². The van der Waals surface area contributed by atoms with Gasteiger partial charge in [0.25, 0.3) is 10.0 Å². The summed E-state index contributed by atoms with van der Waals surface area (Å²) >= 11 is 0. The summed E-state index contributed by atoms with van der Waals surface area (Å²) in [7, 11) is -3.85. The SMILES string of the molecule is CC(C)(C(N)=O)n1ccc(S(N)(=O)=O)n1. The predicted molar refractivity (Wildman–Crippen MR) is 52.1 cm³/mol. The van der Waals surface area contributed by atoms with Crippen LogP contribution in [0.4, 0.5) is 0 Å². The molecule has 0 saturated heterocycles. The van der Waals surface area contributed by atoms with Crippen LogP contribution in [0.1, 0.15) is 13.8 Å². The molecule has 0 radical (unpaired) electrons. The number of carbonyl (C=O) groups excluding carboxylic acids is 1. The molecule has 4 N–H and O–H groups in total. The monoisotopic (exact) mass is 232 g/mol. The fraction of sp³-hybridized carbons (Fsp3) is 0.429. The quantitative estimate of drug-likeness (QED) is 0.676. The highest BCUT2D eigenvalue weighted by atomic mass is 32.2. The molecule has 84 valence electrons. The maximum atomic E-state index is 11.1. The summed E-state index contributed by atoms with van der Waals surface area (Å²) in [5.74, 6) is -0.619. The molecule has 0 atom stereocenters. The fourth-order valence-electron chi connectivity index (χ4n) is 0.883. The number of primary sulfonamides is 1. The minimum Gasteiger partial charge on any atom is -0.368 e. The lowest BCUT2D eigenvalue weighted by molar-refractivity contribution is -0.125. The van der Waals surface area contributed by atoms with Crippen molar-refractivity contribution in [3.8, 4) is 0 Å². The molecule has 7 nitrogen and oxygen atoms in total. The maximum absolute atomic E-state index is 11.1. The molecular weight excluding hydrogens is 220 g/mol. The van der Waals surface area contributed by atoms with Crippen molar-refractivity contribution in [1.82, 2.24) is 9.78 Å². The number of carbonyl (C=O) groups is 1. The van der Waals surface area contributed by atoms with Crippen LogP contribution in [-0.2, 0) is 20.4 Å². The van der Waals surface area contributed by atoms with Gasteiger partial charge in [-0.2, -0.15) is 5.10 Å². The van der Waals surface area contributed by atoms with Crippen LogP contribution in [0, 0.1) is 0 Å². The Morgan fingerprint density at radius 2 is 2.07 bits per heavy atom. The van der Waals surface area contributed by atoms with Crippen molar-refractivity contribution < 1.29 is 13.2 Å². The normalized spacial score (nSPS) is 12.7. The molecular formula is C7H12N4O3S. The number of hydrogen-bond donors (Lipinski definition) is 2. The lowest BCUT2D eigenvalue weighted by atomic mass is 10.1. The Labute approximate surface area is 87.1 Å². The number of primary amides is 1.